The summed E-state index contributed by atoms with van der Waals surface area (Å²) in [5.41, 5.74) is 0. The molecule has 1 saturated carbocycles. The van der Waals surface area contributed by atoms with Gasteiger partial charge in [0.2, 0.25) is 5.91 Å². The first-order valence-corrected chi connectivity index (χ1v) is 6.58. The van der Waals surface area contributed by atoms with Crippen LogP contribution in [-0.4, -0.2) is 25.5 Å². The number of rotatable bonds is 6. The van der Waals surface area contributed by atoms with Crippen LogP contribution < -0.4 is 10.6 Å². The van der Waals surface area contributed by atoms with E-state index in [0.717, 1.165) is 18.4 Å². The van der Waals surface area contributed by atoms with E-state index in [9.17, 15) is 4.79 Å². The summed E-state index contributed by atoms with van der Waals surface area (Å²) in [5.74, 6) is 1.48. The minimum absolute atomic E-state index is 0.0105. The summed E-state index contributed by atoms with van der Waals surface area (Å²) in [4.78, 5) is 11.4. The monoisotopic (exact) mass is 237 g/mol. The molecule has 2 atom stereocenters. The lowest BCUT2D eigenvalue weighted by Crippen LogP contribution is -2.38. The minimum Gasteiger partial charge on any atom is -0.354 e. The Morgan fingerprint density at radius 1 is 1.41 bits per heavy atom. The van der Waals surface area contributed by atoms with Gasteiger partial charge in [-0.15, -0.1) is 0 Å². The Morgan fingerprint density at radius 3 is 2.88 bits per heavy atom. The molecule has 0 aromatic heterocycles. The van der Waals surface area contributed by atoms with E-state index in [1.807, 2.05) is 6.07 Å². The maximum atomic E-state index is 11.4. The molecule has 4 heteroatoms. The van der Waals surface area contributed by atoms with Crippen LogP contribution in [0, 0.1) is 23.2 Å². The number of nitriles is 1. The number of amides is 1. The van der Waals surface area contributed by atoms with E-state index >= 15 is 0 Å². The van der Waals surface area contributed by atoms with E-state index in [1.165, 1.54) is 25.7 Å². The molecule has 0 spiro atoms. The Labute approximate surface area is 104 Å². The summed E-state index contributed by atoms with van der Waals surface area (Å²) < 4.78 is 0. The summed E-state index contributed by atoms with van der Waals surface area (Å²) >= 11 is 0. The summed E-state index contributed by atoms with van der Waals surface area (Å²) in [5, 5.41) is 14.3. The summed E-state index contributed by atoms with van der Waals surface area (Å²) in [6.45, 7) is 4.07. The lowest BCUT2D eigenvalue weighted by Gasteiger charge is -2.28. The predicted molar refractivity (Wildman–Crippen MR) is 67.2 cm³/mol. The third-order valence-electron chi connectivity index (χ3n) is 3.54. The van der Waals surface area contributed by atoms with Crippen LogP contribution in [0.2, 0.25) is 0 Å². The fourth-order valence-electron chi connectivity index (χ4n) is 2.39. The average Bonchev–Trinajstić information content (AvgIpc) is 2.32. The van der Waals surface area contributed by atoms with Crippen molar-refractivity contribution in [3.63, 3.8) is 0 Å². The zero-order valence-electron chi connectivity index (χ0n) is 10.7. The van der Waals surface area contributed by atoms with Crippen LogP contribution >= 0.6 is 0 Å². The zero-order chi connectivity index (χ0) is 12.5. The van der Waals surface area contributed by atoms with Gasteiger partial charge < -0.3 is 10.6 Å². The highest BCUT2D eigenvalue weighted by atomic mass is 16.1. The average molecular weight is 237 g/mol. The van der Waals surface area contributed by atoms with Crippen molar-refractivity contribution < 1.29 is 4.79 Å². The molecule has 96 valence electrons. The Bertz CT molecular complexity index is 272. The summed E-state index contributed by atoms with van der Waals surface area (Å²) in [6, 6.07) is 2.00. The molecule has 2 unspecified atom stereocenters. The summed E-state index contributed by atoms with van der Waals surface area (Å²) in [6.07, 6.45) is 5.66. The molecule has 1 aliphatic carbocycles. The number of hydrogen-bond acceptors (Lipinski definition) is 3. The van der Waals surface area contributed by atoms with Gasteiger partial charge in [0.15, 0.2) is 0 Å². The molecule has 1 aliphatic rings. The maximum Gasteiger partial charge on any atom is 0.233 e. The van der Waals surface area contributed by atoms with Crippen molar-refractivity contribution in [3.05, 3.63) is 0 Å². The van der Waals surface area contributed by atoms with Gasteiger partial charge in [-0.05, 0) is 24.8 Å². The molecular formula is C13H23N3O. The third kappa shape index (κ3) is 5.69. The second-order valence-electron chi connectivity index (χ2n) is 4.91. The van der Waals surface area contributed by atoms with Crippen molar-refractivity contribution in [2.45, 2.75) is 39.0 Å². The molecule has 0 heterocycles. The van der Waals surface area contributed by atoms with Crippen LogP contribution in [-0.2, 0) is 4.79 Å². The van der Waals surface area contributed by atoms with Crippen molar-refractivity contribution >= 4 is 5.91 Å². The van der Waals surface area contributed by atoms with Crippen molar-refractivity contribution in [2.75, 3.05) is 19.6 Å². The smallest absolute Gasteiger partial charge is 0.233 e. The molecule has 0 aliphatic heterocycles. The topological polar surface area (TPSA) is 64.9 Å². The molecule has 0 aromatic rings. The Morgan fingerprint density at radius 2 is 2.18 bits per heavy atom. The van der Waals surface area contributed by atoms with Gasteiger partial charge in [0.05, 0.1) is 19.0 Å². The van der Waals surface area contributed by atoms with E-state index in [-0.39, 0.29) is 5.91 Å². The molecule has 0 aromatic carbocycles. The van der Waals surface area contributed by atoms with Crippen LogP contribution in [0.4, 0.5) is 0 Å². The quantitative estimate of drug-likeness (QED) is 0.687. The molecule has 0 bridgehead atoms. The van der Waals surface area contributed by atoms with Crippen LogP contribution in [0.3, 0.4) is 0 Å². The SMILES string of the molecule is CC1CCCCC1CNCC(=O)NCCC#N. The van der Waals surface area contributed by atoms with E-state index in [1.54, 1.807) is 0 Å². The lowest BCUT2D eigenvalue weighted by molar-refractivity contribution is -0.120. The molecule has 1 fully saturated rings. The third-order valence-corrected chi connectivity index (χ3v) is 3.54. The van der Waals surface area contributed by atoms with Crippen molar-refractivity contribution in [1.82, 2.24) is 10.6 Å². The molecule has 0 radical (unpaired) electrons. The number of hydrogen-bond donors (Lipinski definition) is 2. The van der Waals surface area contributed by atoms with Crippen LogP contribution in [0.25, 0.3) is 0 Å². The van der Waals surface area contributed by atoms with E-state index < -0.39 is 0 Å². The number of nitrogens with one attached hydrogen (secondary N) is 2. The largest absolute Gasteiger partial charge is 0.354 e. The van der Waals surface area contributed by atoms with Gasteiger partial charge in [-0.25, -0.2) is 0 Å². The van der Waals surface area contributed by atoms with Gasteiger partial charge >= 0.3 is 0 Å². The van der Waals surface area contributed by atoms with Crippen LogP contribution in [0.5, 0.6) is 0 Å². The number of carbonyl (C=O) groups is 1. The first-order chi connectivity index (χ1) is 8.24. The second kappa shape index (κ2) is 8.08. The molecule has 17 heavy (non-hydrogen) atoms. The molecule has 4 nitrogen and oxygen atoms in total. The molecule has 0 saturated heterocycles. The first kappa shape index (κ1) is 14.0. The molecule has 2 N–H and O–H groups in total. The minimum atomic E-state index is -0.0105. The fraction of sp³-hybridized carbons (Fsp3) is 0.846. The molecule has 1 rings (SSSR count). The highest BCUT2D eigenvalue weighted by Gasteiger charge is 2.20. The standard InChI is InChI=1S/C13H23N3O/c1-11-5-2-3-6-12(11)9-15-10-13(17)16-8-4-7-14/h11-12,15H,2-6,8-10H2,1H3,(H,16,17). The zero-order valence-corrected chi connectivity index (χ0v) is 10.7. The number of carbonyl (C=O) groups excluding carboxylic acids is 1. The lowest BCUT2D eigenvalue weighted by atomic mass is 9.80. The van der Waals surface area contributed by atoms with Crippen molar-refractivity contribution in [3.8, 4) is 6.07 Å². The van der Waals surface area contributed by atoms with Gasteiger partial charge in [-0.1, -0.05) is 26.2 Å². The van der Waals surface area contributed by atoms with E-state index in [2.05, 4.69) is 17.6 Å². The fourth-order valence-corrected chi connectivity index (χ4v) is 2.39. The second-order valence-corrected chi connectivity index (χ2v) is 4.91. The first-order valence-electron chi connectivity index (χ1n) is 6.58. The number of nitrogens with zero attached hydrogens (tertiary/aromatic N) is 1. The summed E-state index contributed by atoms with van der Waals surface area (Å²) in [7, 11) is 0. The van der Waals surface area contributed by atoms with Crippen LogP contribution in [0.1, 0.15) is 39.0 Å². The van der Waals surface area contributed by atoms with Gasteiger partial charge in [0, 0.05) is 6.54 Å². The highest BCUT2D eigenvalue weighted by Crippen LogP contribution is 2.28. The highest BCUT2D eigenvalue weighted by molar-refractivity contribution is 5.77. The van der Waals surface area contributed by atoms with Crippen LogP contribution in [0.15, 0.2) is 0 Å². The molecule has 1 amide bonds. The van der Waals surface area contributed by atoms with Crippen molar-refractivity contribution in [2.24, 2.45) is 11.8 Å². The van der Waals surface area contributed by atoms with E-state index in [4.69, 9.17) is 5.26 Å². The maximum absolute atomic E-state index is 11.4. The Kier molecular flexibility index (Phi) is 6.64. The van der Waals surface area contributed by atoms with Gasteiger partial charge in [0.25, 0.3) is 0 Å². The Hall–Kier alpha value is -1.08. The predicted octanol–water partition coefficient (Wildman–Crippen LogP) is 1.43. The van der Waals surface area contributed by atoms with Gasteiger partial charge in [-0.2, -0.15) is 5.26 Å². The van der Waals surface area contributed by atoms with Crippen molar-refractivity contribution in [1.29, 1.82) is 5.26 Å². The van der Waals surface area contributed by atoms with Gasteiger partial charge in [-0.3, -0.25) is 4.79 Å². The van der Waals surface area contributed by atoms with Gasteiger partial charge in [0.1, 0.15) is 0 Å². The molecular weight excluding hydrogens is 214 g/mol. The normalized spacial score (nSPS) is 24.0. The van der Waals surface area contributed by atoms with E-state index in [0.29, 0.717) is 19.5 Å². The Balaban J connectivity index is 2.06.